The smallest absolute Gasteiger partial charge is 0.463 e. The molecule has 11 heteroatoms. The zero-order chi connectivity index (χ0) is 33.5. The zero-order valence-corrected chi connectivity index (χ0v) is 29.5. The largest absolute Gasteiger partial charge is 0.471 e. The van der Waals surface area contributed by atoms with Crippen molar-refractivity contribution in [2.75, 3.05) is 13.2 Å². The maximum absolute atomic E-state index is 14.0. The van der Waals surface area contributed by atoms with Gasteiger partial charge in [0.2, 0.25) is 0 Å². The molecule has 2 fully saturated rings. The minimum Gasteiger partial charge on any atom is -0.463 e. The van der Waals surface area contributed by atoms with E-state index in [2.05, 4.69) is 33.9 Å². The lowest BCUT2D eigenvalue weighted by molar-refractivity contribution is -0.201. The van der Waals surface area contributed by atoms with E-state index < -0.39 is 44.1 Å². The lowest BCUT2D eigenvalue weighted by Gasteiger charge is -2.54. The molecule has 0 bridgehead atoms. The van der Waals surface area contributed by atoms with Crippen molar-refractivity contribution in [3.8, 4) is 0 Å². The van der Waals surface area contributed by atoms with Crippen LogP contribution in [-0.2, 0) is 18.8 Å². The summed E-state index contributed by atoms with van der Waals surface area (Å²) in [6, 6.07) is -0.681. The first-order valence-electron chi connectivity index (χ1n) is 15.9. The average molecular weight is 664 g/mol. The molecule has 0 aromatic carbocycles. The Morgan fingerprint density at radius 2 is 1.75 bits per heavy atom. The van der Waals surface area contributed by atoms with Crippen molar-refractivity contribution in [2.45, 2.75) is 135 Å². The van der Waals surface area contributed by atoms with Crippen molar-refractivity contribution in [3.05, 3.63) is 34.9 Å². The highest BCUT2D eigenvalue weighted by atomic mass is 35.5. The monoisotopic (exact) mass is 663 g/mol. The van der Waals surface area contributed by atoms with Gasteiger partial charge in [0.1, 0.15) is 0 Å². The molecule has 2 unspecified atom stereocenters. The third-order valence-corrected chi connectivity index (χ3v) is 14.6. The molecule has 2 aliphatic rings. The molecule has 5 atom stereocenters. The maximum atomic E-state index is 14.0. The molecule has 1 spiro atoms. The summed E-state index contributed by atoms with van der Waals surface area (Å²) in [5.74, 6) is -2.74. The number of carbonyl (C=O) groups is 2. The normalized spacial score (nSPS) is 25.5. The number of amides is 1. The molecule has 1 saturated heterocycles. The second-order valence-corrected chi connectivity index (χ2v) is 19.2. The standard InChI is InChI=1S/C33H53ClF3NO5Si/c1-9-42-29(40)24(3)14-16-26-12-10-19-32(38(26)30(41)33(35,36)37)20-11-13-28(32)23(2)15-17-27(39)22-25(34)18-21-43-44(7,8)31(4,5)6/h14-15,17,22-23,26-28,39H,9-13,16,18-21H2,1-8H3/b17-15+,24-14+,25-22-/t23-,26+,27?,28?,32+/m0/s1. The molecule has 1 heterocycles. The van der Waals surface area contributed by atoms with E-state index in [1.165, 1.54) is 0 Å². The van der Waals surface area contributed by atoms with Crippen LogP contribution in [0.1, 0.15) is 92.9 Å². The highest BCUT2D eigenvalue weighted by molar-refractivity contribution is 6.74. The summed E-state index contributed by atoms with van der Waals surface area (Å²) in [5.41, 5.74) is -0.637. The summed E-state index contributed by atoms with van der Waals surface area (Å²) in [6.45, 7) is 16.7. The van der Waals surface area contributed by atoms with Crippen molar-refractivity contribution in [1.82, 2.24) is 4.90 Å². The minimum absolute atomic E-state index is 0.0795. The molecule has 1 aliphatic carbocycles. The molecule has 1 saturated carbocycles. The SMILES string of the molecule is CCOC(=O)/C(C)=C/C[C@H]1CCC[C@]2(CCCC2[C@@H](C)/C=C/C(O)/C=C(\Cl)CCO[Si](C)(C)C(C)(C)C)N1C(=O)C(F)(F)F. The Labute approximate surface area is 268 Å². The fourth-order valence-electron chi connectivity index (χ4n) is 6.44. The van der Waals surface area contributed by atoms with E-state index in [1.807, 2.05) is 13.0 Å². The Hall–Kier alpha value is -1.62. The zero-order valence-electron chi connectivity index (χ0n) is 27.7. The van der Waals surface area contributed by atoms with Crippen LogP contribution < -0.4 is 0 Å². The maximum Gasteiger partial charge on any atom is 0.471 e. The first-order valence-corrected chi connectivity index (χ1v) is 19.2. The van der Waals surface area contributed by atoms with Crippen LogP contribution in [0.2, 0.25) is 18.1 Å². The summed E-state index contributed by atoms with van der Waals surface area (Å²) in [5, 5.41) is 11.2. The number of likely N-dealkylation sites (tertiary alicyclic amines) is 1. The molecule has 0 aromatic rings. The number of allylic oxidation sites excluding steroid dienone is 1. The van der Waals surface area contributed by atoms with Gasteiger partial charge in [0, 0.05) is 35.2 Å². The number of piperidine rings is 1. The summed E-state index contributed by atoms with van der Waals surface area (Å²) in [7, 11) is -1.91. The third kappa shape index (κ3) is 9.94. The first-order chi connectivity index (χ1) is 20.3. The third-order valence-electron chi connectivity index (χ3n) is 9.77. The number of ether oxygens (including phenoxy) is 1. The lowest BCUT2D eigenvalue weighted by Crippen LogP contribution is -2.64. The van der Waals surface area contributed by atoms with Crippen LogP contribution in [-0.4, -0.2) is 67.3 Å². The van der Waals surface area contributed by atoms with E-state index in [4.69, 9.17) is 20.8 Å². The molecule has 44 heavy (non-hydrogen) atoms. The lowest BCUT2D eigenvalue weighted by atomic mass is 9.70. The van der Waals surface area contributed by atoms with E-state index in [-0.39, 0.29) is 29.9 Å². The summed E-state index contributed by atoms with van der Waals surface area (Å²) in [6.07, 6.45) is 4.70. The fourth-order valence-corrected chi connectivity index (χ4v) is 7.69. The molecular weight excluding hydrogens is 611 g/mol. The molecule has 0 radical (unpaired) electrons. The molecule has 1 N–H and O–H groups in total. The second kappa shape index (κ2) is 15.8. The van der Waals surface area contributed by atoms with Gasteiger partial charge in [-0.15, -0.1) is 0 Å². The number of carbonyl (C=O) groups excluding carboxylic acids is 2. The van der Waals surface area contributed by atoms with Crippen molar-refractivity contribution >= 4 is 31.8 Å². The molecule has 2 rings (SSSR count). The van der Waals surface area contributed by atoms with Crippen LogP contribution in [0.5, 0.6) is 0 Å². The van der Waals surface area contributed by atoms with Gasteiger partial charge in [-0.2, -0.15) is 13.2 Å². The Morgan fingerprint density at radius 1 is 1.14 bits per heavy atom. The van der Waals surface area contributed by atoms with Gasteiger partial charge in [0.15, 0.2) is 8.32 Å². The quantitative estimate of drug-likeness (QED) is 0.0981. The molecule has 252 valence electrons. The van der Waals surface area contributed by atoms with Crippen LogP contribution in [0.25, 0.3) is 0 Å². The van der Waals surface area contributed by atoms with Gasteiger partial charge in [0.05, 0.1) is 12.7 Å². The van der Waals surface area contributed by atoms with Crippen LogP contribution in [0.3, 0.4) is 0 Å². The molecule has 1 amide bonds. The Balaban J connectivity index is 2.23. The highest BCUT2D eigenvalue weighted by Gasteiger charge is 2.58. The minimum atomic E-state index is -5.01. The number of aliphatic hydroxyl groups is 1. The van der Waals surface area contributed by atoms with Crippen molar-refractivity contribution in [1.29, 1.82) is 0 Å². The van der Waals surface area contributed by atoms with E-state index in [0.717, 1.165) is 4.90 Å². The number of hydrogen-bond acceptors (Lipinski definition) is 5. The second-order valence-electron chi connectivity index (χ2n) is 13.9. The van der Waals surface area contributed by atoms with Crippen molar-refractivity contribution < 1.29 is 37.0 Å². The summed E-state index contributed by atoms with van der Waals surface area (Å²) >= 11 is 6.40. The van der Waals surface area contributed by atoms with E-state index in [9.17, 15) is 27.9 Å². The van der Waals surface area contributed by atoms with Gasteiger partial charge in [-0.25, -0.2) is 4.79 Å². The number of hydrogen-bond donors (Lipinski definition) is 1. The van der Waals surface area contributed by atoms with Crippen molar-refractivity contribution in [3.63, 3.8) is 0 Å². The van der Waals surface area contributed by atoms with Gasteiger partial charge in [-0.3, -0.25) is 4.79 Å². The van der Waals surface area contributed by atoms with Crippen LogP contribution >= 0.6 is 11.6 Å². The van der Waals surface area contributed by atoms with E-state index >= 15 is 0 Å². The topological polar surface area (TPSA) is 76.1 Å². The van der Waals surface area contributed by atoms with Gasteiger partial charge >= 0.3 is 18.1 Å². The van der Waals surface area contributed by atoms with Gasteiger partial charge < -0.3 is 19.2 Å². The Morgan fingerprint density at radius 3 is 2.32 bits per heavy atom. The van der Waals surface area contributed by atoms with Crippen LogP contribution in [0.15, 0.2) is 34.9 Å². The van der Waals surface area contributed by atoms with E-state index in [1.54, 1.807) is 32.1 Å². The van der Waals surface area contributed by atoms with Crippen molar-refractivity contribution in [2.24, 2.45) is 11.8 Å². The first kappa shape index (κ1) is 38.6. The molecular formula is C33H53ClF3NO5Si. The predicted molar refractivity (Wildman–Crippen MR) is 172 cm³/mol. The molecule has 0 aromatic heterocycles. The number of aliphatic hydroxyl groups excluding tert-OH is 1. The Kier molecular flexibility index (Phi) is 13.8. The van der Waals surface area contributed by atoms with Gasteiger partial charge in [-0.05, 0) is 88.4 Å². The predicted octanol–water partition coefficient (Wildman–Crippen LogP) is 8.46. The Bertz CT molecular complexity index is 1080. The number of nitrogens with zero attached hydrogens (tertiary/aromatic N) is 1. The average Bonchev–Trinajstić information content (AvgIpc) is 3.32. The summed E-state index contributed by atoms with van der Waals surface area (Å²) < 4.78 is 53.3. The van der Waals surface area contributed by atoms with Crippen LogP contribution in [0.4, 0.5) is 13.2 Å². The highest BCUT2D eigenvalue weighted by Crippen LogP contribution is 2.52. The van der Waals surface area contributed by atoms with Gasteiger partial charge in [-0.1, -0.05) is 63.9 Å². The fraction of sp³-hybridized carbons (Fsp3) is 0.758. The van der Waals surface area contributed by atoms with Crippen LogP contribution in [0, 0.1) is 11.8 Å². The molecule has 1 aliphatic heterocycles. The van der Waals surface area contributed by atoms with Gasteiger partial charge in [0.25, 0.3) is 0 Å². The molecule has 6 nitrogen and oxygen atoms in total. The number of rotatable bonds is 12. The number of alkyl halides is 3. The number of esters is 1. The number of halogens is 4. The summed E-state index contributed by atoms with van der Waals surface area (Å²) in [4.78, 5) is 26.3. The van der Waals surface area contributed by atoms with E-state index in [0.29, 0.717) is 62.2 Å².